The standard InChI is InChI=1S/C15H24N2O/c1-3-16-13-9-11-17(12-10-13)14-7-5-6-8-15(14)18-4-2/h5-8,13,16H,3-4,9-12H2,1-2H3. The molecule has 0 saturated carbocycles. The van der Waals surface area contributed by atoms with Crippen LogP contribution < -0.4 is 15.0 Å². The lowest BCUT2D eigenvalue weighted by Gasteiger charge is -2.34. The minimum atomic E-state index is 0.686. The van der Waals surface area contributed by atoms with Crippen LogP contribution in [0.1, 0.15) is 26.7 Å². The normalized spacial score (nSPS) is 16.9. The largest absolute Gasteiger partial charge is 0.492 e. The van der Waals surface area contributed by atoms with Gasteiger partial charge in [0.25, 0.3) is 0 Å². The monoisotopic (exact) mass is 248 g/mol. The number of piperidine rings is 1. The molecule has 1 aromatic rings. The fraction of sp³-hybridized carbons (Fsp3) is 0.600. The zero-order valence-electron chi connectivity index (χ0n) is 11.5. The lowest BCUT2D eigenvalue weighted by atomic mass is 10.0. The molecule has 2 rings (SSSR count). The predicted octanol–water partition coefficient (Wildman–Crippen LogP) is 2.66. The smallest absolute Gasteiger partial charge is 0.142 e. The molecule has 1 N–H and O–H groups in total. The second kappa shape index (κ2) is 6.64. The molecule has 0 spiro atoms. The zero-order chi connectivity index (χ0) is 12.8. The maximum Gasteiger partial charge on any atom is 0.142 e. The van der Waals surface area contributed by atoms with E-state index in [9.17, 15) is 0 Å². The van der Waals surface area contributed by atoms with Crippen LogP contribution in [0.2, 0.25) is 0 Å². The third-order valence-electron chi connectivity index (χ3n) is 3.49. The van der Waals surface area contributed by atoms with Crippen molar-refractivity contribution in [3.05, 3.63) is 24.3 Å². The number of anilines is 1. The van der Waals surface area contributed by atoms with Crippen LogP contribution in [0.15, 0.2) is 24.3 Å². The van der Waals surface area contributed by atoms with Crippen molar-refractivity contribution in [2.45, 2.75) is 32.7 Å². The molecule has 0 aromatic heterocycles. The topological polar surface area (TPSA) is 24.5 Å². The molecule has 1 aliphatic rings. The molecule has 0 bridgehead atoms. The van der Waals surface area contributed by atoms with Crippen molar-refractivity contribution < 1.29 is 4.74 Å². The Morgan fingerprint density at radius 1 is 1.22 bits per heavy atom. The summed E-state index contributed by atoms with van der Waals surface area (Å²) in [6.45, 7) is 8.24. The van der Waals surface area contributed by atoms with Gasteiger partial charge < -0.3 is 15.0 Å². The van der Waals surface area contributed by atoms with Crippen LogP contribution in [0.5, 0.6) is 5.75 Å². The molecule has 0 amide bonds. The highest BCUT2D eigenvalue weighted by Gasteiger charge is 2.20. The number of ether oxygens (including phenoxy) is 1. The summed E-state index contributed by atoms with van der Waals surface area (Å²) in [5, 5.41) is 3.54. The highest BCUT2D eigenvalue weighted by atomic mass is 16.5. The zero-order valence-corrected chi connectivity index (χ0v) is 11.5. The van der Waals surface area contributed by atoms with Gasteiger partial charge in [-0.15, -0.1) is 0 Å². The van der Waals surface area contributed by atoms with E-state index >= 15 is 0 Å². The second-order valence-electron chi connectivity index (χ2n) is 4.72. The van der Waals surface area contributed by atoms with Gasteiger partial charge in [-0.3, -0.25) is 0 Å². The molecular formula is C15H24N2O. The Morgan fingerprint density at radius 3 is 2.61 bits per heavy atom. The van der Waals surface area contributed by atoms with E-state index in [2.05, 4.69) is 35.3 Å². The average molecular weight is 248 g/mol. The lowest BCUT2D eigenvalue weighted by molar-refractivity contribution is 0.338. The van der Waals surface area contributed by atoms with Gasteiger partial charge in [0.15, 0.2) is 0 Å². The van der Waals surface area contributed by atoms with Crippen molar-refractivity contribution in [3.8, 4) is 5.75 Å². The molecule has 1 aromatic carbocycles. The number of para-hydroxylation sites is 2. The number of hydrogen-bond acceptors (Lipinski definition) is 3. The summed E-state index contributed by atoms with van der Waals surface area (Å²) < 4.78 is 5.71. The Balaban J connectivity index is 2.00. The number of benzene rings is 1. The maximum atomic E-state index is 5.71. The van der Waals surface area contributed by atoms with E-state index in [-0.39, 0.29) is 0 Å². The van der Waals surface area contributed by atoms with Crippen LogP contribution in [-0.4, -0.2) is 32.3 Å². The van der Waals surface area contributed by atoms with Crippen LogP contribution in [-0.2, 0) is 0 Å². The SMILES string of the molecule is CCNC1CCN(c2ccccc2OCC)CC1. The predicted molar refractivity (Wildman–Crippen MR) is 76.5 cm³/mol. The Bertz CT molecular complexity index is 359. The van der Waals surface area contributed by atoms with Crippen LogP contribution in [0.3, 0.4) is 0 Å². The van der Waals surface area contributed by atoms with E-state index in [0.717, 1.165) is 32.0 Å². The van der Waals surface area contributed by atoms with Gasteiger partial charge >= 0.3 is 0 Å². The summed E-state index contributed by atoms with van der Waals surface area (Å²) >= 11 is 0. The van der Waals surface area contributed by atoms with Crippen molar-refractivity contribution in [1.29, 1.82) is 0 Å². The Morgan fingerprint density at radius 2 is 1.94 bits per heavy atom. The van der Waals surface area contributed by atoms with E-state index in [1.807, 2.05) is 13.0 Å². The van der Waals surface area contributed by atoms with E-state index < -0.39 is 0 Å². The lowest BCUT2D eigenvalue weighted by Crippen LogP contribution is -2.42. The van der Waals surface area contributed by atoms with E-state index in [1.165, 1.54) is 18.5 Å². The summed E-state index contributed by atoms with van der Waals surface area (Å²) in [4.78, 5) is 2.44. The fourth-order valence-electron chi connectivity index (χ4n) is 2.61. The van der Waals surface area contributed by atoms with Gasteiger partial charge in [-0.05, 0) is 38.4 Å². The van der Waals surface area contributed by atoms with E-state index in [4.69, 9.17) is 4.74 Å². The molecule has 0 unspecified atom stereocenters. The average Bonchev–Trinajstić information content (AvgIpc) is 2.41. The Labute approximate surface area is 110 Å². The third kappa shape index (κ3) is 3.16. The first-order chi connectivity index (χ1) is 8.85. The Kier molecular flexibility index (Phi) is 4.88. The van der Waals surface area contributed by atoms with E-state index in [1.54, 1.807) is 0 Å². The quantitative estimate of drug-likeness (QED) is 0.867. The first kappa shape index (κ1) is 13.2. The molecule has 1 saturated heterocycles. The molecule has 0 atom stereocenters. The minimum Gasteiger partial charge on any atom is -0.492 e. The van der Waals surface area contributed by atoms with Gasteiger partial charge in [0.05, 0.1) is 12.3 Å². The summed E-state index contributed by atoms with van der Waals surface area (Å²) in [6, 6.07) is 9.05. The molecule has 0 aliphatic carbocycles. The second-order valence-corrected chi connectivity index (χ2v) is 4.72. The highest BCUT2D eigenvalue weighted by Crippen LogP contribution is 2.30. The minimum absolute atomic E-state index is 0.686. The summed E-state index contributed by atoms with van der Waals surface area (Å²) in [6.07, 6.45) is 2.43. The molecular weight excluding hydrogens is 224 g/mol. The highest BCUT2D eigenvalue weighted by molar-refractivity contribution is 5.58. The molecule has 3 nitrogen and oxygen atoms in total. The fourth-order valence-corrected chi connectivity index (χ4v) is 2.61. The van der Waals surface area contributed by atoms with Gasteiger partial charge in [-0.25, -0.2) is 0 Å². The number of nitrogens with one attached hydrogen (secondary N) is 1. The molecule has 1 fully saturated rings. The van der Waals surface area contributed by atoms with Crippen molar-refractivity contribution in [1.82, 2.24) is 5.32 Å². The first-order valence-corrected chi connectivity index (χ1v) is 7.05. The summed E-state index contributed by atoms with van der Waals surface area (Å²) in [5.74, 6) is 1.02. The summed E-state index contributed by atoms with van der Waals surface area (Å²) in [7, 11) is 0. The number of nitrogens with zero attached hydrogens (tertiary/aromatic N) is 1. The third-order valence-corrected chi connectivity index (χ3v) is 3.49. The maximum absolute atomic E-state index is 5.71. The van der Waals surface area contributed by atoms with Gasteiger partial charge in [0.1, 0.15) is 5.75 Å². The van der Waals surface area contributed by atoms with Crippen LogP contribution >= 0.6 is 0 Å². The van der Waals surface area contributed by atoms with Crippen LogP contribution in [0.25, 0.3) is 0 Å². The molecule has 18 heavy (non-hydrogen) atoms. The van der Waals surface area contributed by atoms with Crippen LogP contribution in [0, 0.1) is 0 Å². The summed E-state index contributed by atoms with van der Waals surface area (Å²) in [5.41, 5.74) is 1.24. The molecule has 3 heteroatoms. The van der Waals surface area contributed by atoms with Crippen molar-refractivity contribution in [2.75, 3.05) is 31.1 Å². The molecule has 1 aliphatic heterocycles. The van der Waals surface area contributed by atoms with Gasteiger partial charge in [0.2, 0.25) is 0 Å². The van der Waals surface area contributed by atoms with Gasteiger partial charge in [-0.2, -0.15) is 0 Å². The van der Waals surface area contributed by atoms with Crippen molar-refractivity contribution >= 4 is 5.69 Å². The number of hydrogen-bond donors (Lipinski definition) is 1. The van der Waals surface area contributed by atoms with E-state index in [0.29, 0.717) is 6.04 Å². The van der Waals surface area contributed by atoms with Gasteiger partial charge in [-0.1, -0.05) is 19.1 Å². The molecule has 1 heterocycles. The first-order valence-electron chi connectivity index (χ1n) is 7.05. The van der Waals surface area contributed by atoms with Crippen LogP contribution in [0.4, 0.5) is 5.69 Å². The van der Waals surface area contributed by atoms with Gasteiger partial charge in [0, 0.05) is 19.1 Å². The molecule has 100 valence electrons. The Hall–Kier alpha value is -1.22. The van der Waals surface area contributed by atoms with Crippen molar-refractivity contribution in [3.63, 3.8) is 0 Å². The van der Waals surface area contributed by atoms with Crippen molar-refractivity contribution in [2.24, 2.45) is 0 Å². The molecule has 0 radical (unpaired) electrons. The number of rotatable bonds is 5.